The van der Waals surface area contributed by atoms with E-state index in [1.54, 1.807) is 16.7 Å². The minimum absolute atomic E-state index is 0.0260. The molecule has 2 rings (SSSR count). The largest absolute Gasteiger partial charge is 0.481 e. The molecule has 2 unspecified atom stereocenters. The molecule has 0 aromatic rings. The van der Waals surface area contributed by atoms with Crippen molar-refractivity contribution in [1.82, 2.24) is 15.1 Å². The highest BCUT2D eigenvalue weighted by Crippen LogP contribution is 2.26. The summed E-state index contributed by atoms with van der Waals surface area (Å²) in [4.78, 5) is 37.6. The van der Waals surface area contributed by atoms with Crippen molar-refractivity contribution >= 4 is 18.1 Å². The number of methoxy groups -OCH3 is 1. The van der Waals surface area contributed by atoms with Crippen molar-refractivity contribution in [2.45, 2.75) is 19.4 Å². The topological polar surface area (TPSA) is 99.2 Å². The lowest BCUT2D eigenvalue weighted by Crippen LogP contribution is -2.57. The van der Waals surface area contributed by atoms with Crippen molar-refractivity contribution in [2.75, 3.05) is 33.3 Å². The Bertz CT molecular complexity index is 436. The molecule has 2 heterocycles. The number of hydrogen-bond donors (Lipinski definition) is 2. The fourth-order valence-corrected chi connectivity index (χ4v) is 2.66. The van der Waals surface area contributed by atoms with Gasteiger partial charge in [0, 0.05) is 32.1 Å². The maximum Gasteiger partial charge on any atom is 0.407 e. The van der Waals surface area contributed by atoms with Crippen LogP contribution in [0.4, 0.5) is 9.59 Å². The number of aliphatic carboxylic acids is 1. The third kappa shape index (κ3) is 3.37. The summed E-state index contributed by atoms with van der Waals surface area (Å²) < 4.78 is 4.53. The Balaban J connectivity index is 1.76. The summed E-state index contributed by atoms with van der Waals surface area (Å²) in [6.07, 6.45) is 0.206. The molecule has 0 aliphatic carbocycles. The molecular formula is C13H21N3O5. The molecule has 2 N–H and O–H groups in total. The molecule has 21 heavy (non-hydrogen) atoms. The number of carboxylic acids is 1. The number of carboxylic acid groups (broad SMARTS) is 1. The van der Waals surface area contributed by atoms with Crippen molar-refractivity contribution in [1.29, 1.82) is 0 Å². The summed E-state index contributed by atoms with van der Waals surface area (Å²) in [6, 6.07) is -0.172. The highest BCUT2D eigenvalue weighted by molar-refractivity contribution is 5.77. The van der Waals surface area contributed by atoms with Crippen LogP contribution in [0.1, 0.15) is 13.3 Å². The Labute approximate surface area is 123 Å². The Morgan fingerprint density at radius 2 is 1.90 bits per heavy atom. The molecule has 0 spiro atoms. The predicted octanol–water partition coefficient (Wildman–Crippen LogP) is 0.189. The van der Waals surface area contributed by atoms with Gasteiger partial charge < -0.3 is 25.0 Å². The number of nitrogens with zero attached hydrogens (tertiary/aromatic N) is 2. The second-order valence-corrected chi connectivity index (χ2v) is 5.64. The number of likely N-dealkylation sites (tertiary alicyclic amines) is 2. The number of amides is 3. The number of carbonyl (C=O) groups is 3. The van der Waals surface area contributed by atoms with Crippen LogP contribution >= 0.6 is 0 Å². The van der Waals surface area contributed by atoms with E-state index < -0.39 is 18.0 Å². The zero-order valence-electron chi connectivity index (χ0n) is 12.2. The number of hydrogen-bond acceptors (Lipinski definition) is 4. The maximum atomic E-state index is 12.2. The highest BCUT2D eigenvalue weighted by Gasteiger charge is 2.40. The van der Waals surface area contributed by atoms with Gasteiger partial charge in [-0.25, -0.2) is 9.59 Å². The van der Waals surface area contributed by atoms with Crippen LogP contribution in [0, 0.1) is 11.8 Å². The zero-order chi connectivity index (χ0) is 15.6. The molecule has 8 nitrogen and oxygen atoms in total. The van der Waals surface area contributed by atoms with Gasteiger partial charge in [-0.1, -0.05) is 6.92 Å². The second-order valence-electron chi connectivity index (χ2n) is 5.64. The van der Waals surface area contributed by atoms with Crippen LogP contribution in [-0.2, 0) is 9.53 Å². The first-order valence-corrected chi connectivity index (χ1v) is 7.03. The van der Waals surface area contributed by atoms with Gasteiger partial charge in [-0.15, -0.1) is 0 Å². The average molecular weight is 299 g/mol. The monoisotopic (exact) mass is 299 g/mol. The van der Waals surface area contributed by atoms with E-state index in [-0.39, 0.29) is 18.0 Å². The van der Waals surface area contributed by atoms with Crippen molar-refractivity contribution in [2.24, 2.45) is 11.8 Å². The lowest BCUT2D eigenvalue weighted by atomic mass is 9.87. The van der Waals surface area contributed by atoms with Crippen LogP contribution in [0.15, 0.2) is 0 Å². The van der Waals surface area contributed by atoms with Gasteiger partial charge in [-0.3, -0.25) is 4.79 Å². The lowest BCUT2D eigenvalue weighted by Gasteiger charge is -2.42. The highest BCUT2D eigenvalue weighted by atomic mass is 16.5. The van der Waals surface area contributed by atoms with Gasteiger partial charge in [-0.05, 0) is 6.42 Å². The van der Waals surface area contributed by atoms with Crippen LogP contribution in [0.3, 0.4) is 0 Å². The van der Waals surface area contributed by atoms with Gasteiger partial charge in [0.15, 0.2) is 0 Å². The first-order valence-electron chi connectivity index (χ1n) is 7.03. The van der Waals surface area contributed by atoms with Crippen molar-refractivity contribution in [3.05, 3.63) is 0 Å². The molecule has 2 fully saturated rings. The predicted molar refractivity (Wildman–Crippen MR) is 72.8 cm³/mol. The molecule has 0 aromatic heterocycles. The maximum absolute atomic E-state index is 12.2. The van der Waals surface area contributed by atoms with E-state index in [1.807, 2.05) is 0 Å². The van der Waals surface area contributed by atoms with E-state index in [1.165, 1.54) is 7.11 Å². The molecule has 118 valence electrons. The van der Waals surface area contributed by atoms with Gasteiger partial charge in [0.1, 0.15) is 0 Å². The van der Waals surface area contributed by atoms with Gasteiger partial charge in [-0.2, -0.15) is 0 Å². The Hall–Kier alpha value is -1.99. The quantitative estimate of drug-likeness (QED) is 0.775. The number of nitrogens with one attached hydrogen (secondary N) is 1. The third-order valence-corrected chi connectivity index (χ3v) is 4.24. The molecule has 8 heteroatoms. The molecule has 0 bridgehead atoms. The summed E-state index contributed by atoms with van der Waals surface area (Å²) in [6.45, 7) is 3.68. The van der Waals surface area contributed by atoms with Crippen molar-refractivity contribution in [3.8, 4) is 0 Å². The molecule has 0 radical (unpaired) electrons. The number of urea groups is 1. The summed E-state index contributed by atoms with van der Waals surface area (Å²) >= 11 is 0. The molecule has 0 aromatic carbocycles. The van der Waals surface area contributed by atoms with Gasteiger partial charge in [0.2, 0.25) is 0 Å². The second kappa shape index (κ2) is 6.19. The van der Waals surface area contributed by atoms with Crippen LogP contribution in [0.5, 0.6) is 0 Å². The summed E-state index contributed by atoms with van der Waals surface area (Å²) in [5.41, 5.74) is 0. The van der Waals surface area contributed by atoms with Gasteiger partial charge in [0.05, 0.1) is 19.1 Å². The first kappa shape index (κ1) is 15.4. The molecule has 2 aliphatic rings. The van der Waals surface area contributed by atoms with E-state index in [0.29, 0.717) is 32.6 Å². The van der Waals surface area contributed by atoms with E-state index in [9.17, 15) is 14.4 Å². The van der Waals surface area contributed by atoms with Gasteiger partial charge >= 0.3 is 18.1 Å². The first-order chi connectivity index (χ1) is 9.92. The van der Waals surface area contributed by atoms with Crippen LogP contribution in [0.2, 0.25) is 0 Å². The number of carbonyl (C=O) groups excluding carboxylic acids is 2. The number of alkyl carbamates (subject to hydrolysis) is 1. The van der Waals surface area contributed by atoms with Crippen LogP contribution in [0.25, 0.3) is 0 Å². The standard InChI is InChI=1S/C13H21N3O5/c1-8(11(17)18)9-5-16(6-9)13(20)15-4-3-10(7-15)14-12(19)21-2/h8-10H,3-7H2,1-2H3,(H,14,19)(H,17,18). The molecule has 3 amide bonds. The zero-order valence-corrected chi connectivity index (χ0v) is 12.2. The SMILES string of the molecule is COC(=O)NC1CCN(C(=O)N2CC(C(C)C(=O)O)C2)C1. The van der Waals surface area contributed by atoms with E-state index in [2.05, 4.69) is 10.1 Å². The summed E-state index contributed by atoms with van der Waals surface area (Å²) in [5.74, 6) is -1.23. The Kier molecular flexibility index (Phi) is 4.54. The summed E-state index contributed by atoms with van der Waals surface area (Å²) in [7, 11) is 1.30. The Morgan fingerprint density at radius 3 is 2.48 bits per heavy atom. The van der Waals surface area contributed by atoms with Crippen molar-refractivity contribution < 1.29 is 24.2 Å². The Morgan fingerprint density at radius 1 is 1.24 bits per heavy atom. The van der Waals surface area contributed by atoms with Crippen LogP contribution in [-0.4, -0.2) is 72.3 Å². The number of ether oxygens (including phenoxy) is 1. The third-order valence-electron chi connectivity index (χ3n) is 4.24. The van der Waals surface area contributed by atoms with Crippen molar-refractivity contribution in [3.63, 3.8) is 0 Å². The number of rotatable bonds is 3. The fourth-order valence-electron chi connectivity index (χ4n) is 2.66. The fraction of sp³-hybridized carbons (Fsp3) is 0.769. The normalized spacial score (nSPS) is 23.4. The summed E-state index contributed by atoms with van der Waals surface area (Å²) in [5, 5.41) is 11.6. The molecule has 2 aliphatic heterocycles. The smallest absolute Gasteiger partial charge is 0.407 e. The molecule has 2 atom stereocenters. The lowest BCUT2D eigenvalue weighted by molar-refractivity contribution is -0.144. The van der Waals surface area contributed by atoms with E-state index >= 15 is 0 Å². The molecule has 0 saturated carbocycles. The van der Waals surface area contributed by atoms with E-state index in [4.69, 9.17) is 5.11 Å². The minimum Gasteiger partial charge on any atom is -0.481 e. The minimum atomic E-state index is -0.824. The molecule has 2 saturated heterocycles. The van der Waals surface area contributed by atoms with Crippen LogP contribution < -0.4 is 5.32 Å². The average Bonchev–Trinajstić information content (AvgIpc) is 2.84. The molecular weight excluding hydrogens is 278 g/mol. The van der Waals surface area contributed by atoms with Gasteiger partial charge in [0.25, 0.3) is 0 Å². The van der Waals surface area contributed by atoms with E-state index in [0.717, 1.165) is 0 Å².